The van der Waals surface area contributed by atoms with Gasteiger partial charge in [-0.3, -0.25) is 24.7 Å². The number of rotatable bonds is 4. The molecule has 2 N–H and O–H groups in total. The number of hydrazine groups is 1. The summed E-state index contributed by atoms with van der Waals surface area (Å²) in [7, 11) is 2.01. The Balaban J connectivity index is 1.21. The SMILES string of the molecule is CN1CC(c2ccc(-c3ccccc3)nc2)=C2NC(C3CCN(C(=O)c4ncn[nH]4)CC3)=C3C(=O)CCN=C3N21. The number of aliphatic imine (C=N–C) groups is 1. The van der Waals surface area contributed by atoms with E-state index in [9.17, 15) is 9.59 Å². The molecular weight excluding hydrogens is 506 g/mol. The number of likely N-dealkylation sites (tertiary alicyclic amines) is 1. The monoisotopic (exact) mass is 535 g/mol. The molecule has 1 amide bonds. The molecule has 6 heterocycles. The first-order valence-electron chi connectivity index (χ1n) is 13.6. The van der Waals surface area contributed by atoms with Crippen molar-refractivity contribution in [2.24, 2.45) is 10.9 Å². The van der Waals surface area contributed by atoms with Crippen molar-refractivity contribution in [1.29, 1.82) is 0 Å². The number of fused-ring (bicyclic) bond motifs is 3. The third-order valence-electron chi connectivity index (χ3n) is 8.04. The highest BCUT2D eigenvalue weighted by atomic mass is 16.2. The zero-order valence-electron chi connectivity index (χ0n) is 22.2. The number of aromatic amines is 1. The molecule has 1 saturated heterocycles. The Hall–Kier alpha value is -4.64. The molecule has 11 heteroatoms. The molecule has 0 aliphatic carbocycles. The van der Waals surface area contributed by atoms with Crippen molar-refractivity contribution in [2.75, 3.05) is 33.2 Å². The maximum absolute atomic E-state index is 13.3. The molecule has 40 heavy (non-hydrogen) atoms. The van der Waals surface area contributed by atoms with Crippen LogP contribution in [0.15, 0.2) is 77.1 Å². The van der Waals surface area contributed by atoms with Gasteiger partial charge in [0.1, 0.15) is 12.1 Å². The van der Waals surface area contributed by atoms with Crippen LogP contribution in [-0.2, 0) is 4.79 Å². The lowest BCUT2D eigenvalue weighted by Crippen LogP contribution is -2.52. The molecule has 7 rings (SSSR count). The Morgan fingerprint density at radius 2 is 1.85 bits per heavy atom. The Bertz CT molecular complexity index is 1550. The molecule has 0 spiro atoms. The maximum Gasteiger partial charge on any atom is 0.291 e. The van der Waals surface area contributed by atoms with Crippen molar-refractivity contribution < 1.29 is 9.59 Å². The van der Waals surface area contributed by atoms with Crippen molar-refractivity contribution in [3.63, 3.8) is 0 Å². The van der Waals surface area contributed by atoms with E-state index in [4.69, 9.17) is 9.98 Å². The van der Waals surface area contributed by atoms with Crippen LogP contribution in [0, 0.1) is 5.92 Å². The molecule has 0 unspecified atom stereocenters. The Morgan fingerprint density at radius 3 is 2.58 bits per heavy atom. The lowest BCUT2D eigenvalue weighted by molar-refractivity contribution is -0.115. The average molecular weight is 536 g/mol. The normalized spacial score (nSPS) is 19.9. The maximum atomic E-state index is 13.3. The number of aromatic nitrogens is 4. The van der Waals surface area contributed by atoms with Gasteiger partial charge in [-0.25, -0.2) is 15.0 Å². The molecule has 0 saturated carbocycles. The second-order valence-corrected chi connectivity index (χ2v) is 10.4. The van der Waals surface area contributed by atoms with E-state index in [1.165, 1.54) is 6.33 Å². The largest absolute Gasteiger partial charge is 0.343 e. The number of allylic oxidation sites excluding steroid dienone is 1. The minimum absolute atomic E-state index is 0.0985. The predicted octanol–water partition coefficient (Wildman–Crippen LogP) is 2.48. The highest BCUT2D eigenvalue weighted by molar-refractivity contribution is 6.24. The zero-order valence-corrected chi connectivity index (χ0v) is 22.2. The van der Waals surface area contributed by atoms with Gasteiger partial charge in [0.2, 0.25) is 5.82 Å². The number of ketones is 1. The second-order valence-electron chi connectivity index (χ2n) is 10.4. The molecule has 202 valence electrons. The summed E-state index contributed by atoms with van der Waals surface area (Å²) < 4.78 is 0. The highest BCUT2D eigenvalue weighted by Gasteiger charge is 2.43. The molecule has 4 aliphatic rings. The van der Waals surface area contributed by atoms with E-state index in [1.807, 2.05) is 36.5 Å². The van der Waals surface area contributed by atoms with Gasteiger partial charge in [0, 0.05) is 74.2 Å². The van der Waals surface area contributed by atoms with E-state index in [2.05, 4.69) is 49.8 Å². The number of carbonyl (C=O) groups excluding carboxylic acids is 2. The van der Waals surface area contributed by atoms with Crippen molar-refractivity contribution in [3.05, 3.63) is 83.5 Å². The Kier molecular flexibility index (Phi) is 6.00. The number of nitrogens with zero attached hydrogens (tertiary/aromatic N) is 7. The molecule has 2 aromatic heterocycles. The summed E-state index contributed by atoms with van der Waals surface area (Å²) >= 11 is 0. The van der Waals surface area contributed by atoms with Crippen LogP contribution in [0.3, 0.4) is 0 Å². The number of H-pyrrole nitrogens is 1. The fraction of sp³-hybridized carbons (Fsp3) is 0.310. The molecule has 4 aliphatic heterocycles. The van der Waals surface area contributed by atoms with E-state index in [1.54, 1.807) is 4.90 Å². The number of hydrogen-bond donors (Lipinski definition) is 2. The van der Waals surface area contributed by atoms with Gasteiger partial charge in [0.05, 0.1) is 11.3 Å². The summed E-state index contributed by atoms with van der Waals surface area (Å²) in [5.74, 6) is 1.94. The molecule has 1 aromatic carbocycles. The minimum atomic E-state index is -0.152. The van der Waals surface area contributed by atoms with Crippen molar-refractivity contribution in [2.45, 2.75) is 19.3 Å². The van der Waals surface area contributed by atoms with Gasteiger partial charge in [0.25, 0.3) is 5.91 Å². The molecule has 3 aromatic rings. The van der Waals surface area contributed by atoms with Crippen molar-refractivity contribution in [3.8, 4) is 11.3 Å². The Labute approximate surface area is 231 Å². The van der Waals surface area contributed by atoms with E-state index in [-0.39, 0.29) is 23.4 Å². The predicted molar refractivity (Wildman–Crippen MR) is 148 cm³/mol. The fourth-order valence-electron chi connectivity index (χ4n) is 6.01. The number of amidine groups is 1. The van der Waals surface area contributed by atoms with Crippen LogP contribution >= 0.6 is 0 Å². The first-order valence-corrected chi connectivity index (χ1v) is 13.6. The smallest absolute Gasteiger partial charge is 0.291 e. The van der Waals surface area contributed by atoms with E-state index >= 15 is 0 Å². The zero-order chi connectivity index (χ0) is 27.2. The number of piperidine rings is 1. The number of nitrogens with one attached hydrogen (secondary N) is 2. The summed E-state index contributed by atoms with van der Waals surface area (Å²) in [5.41, 5.74) is 5.72. The Morgan fingerprint density at radius 1 is 1.02 bits per heavy atom. The van der Waals surface area contributed by atoms with Gasteiger partial charge in [-0.2, -0.15) is 5.10 Å². The van der Waals surface area contributed by atoms with Gasteiger partial charge in [0.15, 0.2) is 11.6 Å². The van der Waals surface area contributed by atoms with Gasteiger partial charge >= 0.3 is 0 Å². The summed E-state index contributed by atoms with van der Waals surface area (Å²) in [4.78, 5) is 41.5. The quantitative estimate of drug-likeness (QED) is 0.523. The van der Waals surface area contributed by atoms with Crippen LogP contribution in [0.4, 0.5) is 0 Å². The molecule has 0 bridgehead atoms. The minimum Gasteiger partial charge on any atom is -0.343 e. The van der Waals surface area contributed by atoms with E-state index in [0.717, 1.165) is 46.8 Å². The van der Waals surface area contributed by atoms with Crippen LogP contribution < -0.4 is 5.32 Å². The van der Waals surface area contributed by atoms with Crippen molar-refractivity contribution >= 4 is 23.1 Å². The fourth-order valence-corrected chi connectivity index (χ4v) is 6.01. The van der Waals surface area contributed by atoms with Crippen LogP contribution in [0.25, 0.3) is 16.8 Å². The van der Waals surface area contributed by atoms with Gasteiger partial charge in [-0.1, -0.05) is 36.4 Å². The van der Waals surface area contributed by atoms with E-state index < -0.39 is 0 Å². The molecule has 0 radical (unpaired) electrons. The number of Topliss-reactive ketones (excluding diaryl/α,β-unsaturated/α-hetero) is 1. The van der Waals surface area contributed by atoms with Gasteiger partial charge in [-0.15, -0.1) is 0 Å². The summed E-state index contributed by atoms with van der Waals surface area (Å²) in [5, 5.41) is 14.3. The summed E-state index contributed by atoms with van der Waals surface area (Å²) in [6.07, 6.45) is 5.13. The van der Waals surface area contributed by atoms with Gasteiger partial charge in [-0.05, 0) is 18.9 Å². The molecule has 11 nitrogen and oxygen atoms in total. The summed E-state index contributed by atoms with van der Waals surface area (Å²) in [6.45, 7) is 2.29. The molecular formula is C29H29N9O2. The van der Waals surface area contributed by atoms with Gasteiger partial charge < -0.3 is 10.2 Å². The van der Waals surface area contributed by atoms with Crippen LogP contribution in [0.2, 0.25) is 0 Å². The van der Waals surface area contributed by atoms with Crippen LogP contribution in [-0.4, -0.2) is 85.8 Å². The van der Waals surface area contributed by atoms with E-state index in [0.29, 0.717) is 44.0 Å². The lowest BCUT2D eigenvalue weighted by Gasteiger charge is -2.41. The second kappa shape index (κ2) is 9.83. The number of pyridine rings is 1. The molecule has 1 fully saturated rings. The average Bonchev–Trinajstić information content (AvgIpc) is 3.66. The van der Waals surface area contributed by atoms with Crippen LogP contribution in [0.5, 0.6) is 0 Å². The number of amides is 1. The first-order chi connectivity index (χ1) is 19.6. The summed E-state index contributed by atoms with van der Waals surface area (Å²) in [6, 6.07) is 14.3. The first kappa shape index (κ1) is 24.4. The third-order valence-corrected chi connectivity index (χ3v) is 8.04. The van der Waals surface area contributed by atoms with Crippen molar-refractivity contribution in [1.82, 2.24) is 40.4 Å². The topological polar surface area (TPSA) is 123 Å². The highest BCUT2D eigenvalue weighted by Crippen LogP contribution is 2.39. The lowest BCUT2D eigenvalue weighted by atomic mass is 9.86. The van der Waals surface area contributed by atoms with Crippen LogP contribution in [0.1, 0.15) is 35.4 Å². The number of hydrogen-bond acceptors (Lipinski definition) is 9. The third kappa shape index (κ3) is 4.10. The number of benzene rings is 1. The number of likely N-dealkylation sites (N-methyl/N-ethyl adjacent to an activating group) is 1. The molecule has 0 atom stereocenters. The standard InChI is InChI=1S/C29H29N9O2/c1-36-16-21(20-7-8-22(31-15-20)18-5-3-2-4-6-18)27-34-25(24-23(39)9-12-30-28(24)38(27)36)19-10-13-37(14-11-19)29(40)26-32-17-33-35-26/h2-8,15,17,19,34H,9-14,16H2,1H3,(H,32,33,35). The number of carbonyl (C=O) groups is 2.